The van der Waals surface area contributed by atoms with Gasteiger partial charge in [0.1, 0.15) is 28.8 Å². The quantitative estimate of drug-likeness (QED) is 0.181. The molecule has 0 spiro atoms. The number of carbonyl (C=O) groups is 5. The van der Waals surface area contributed by atoms with E-state index < -0.39 is 35.1 Å². The number of hydrogen-bond donors (Lipinski definition) is 5. The maximum absolute atomic E-state index is 14.2. The first kappa shape index (κ1) is 42.1. The van der Waals surface area contributed by atoms with E-state index in [9.17, 15) is 24.0 Å². The van der Waals surface area contributed by atoms with Gasteiger partial charge in [0.25, 0.3) is 5.91 Å². The van der Waals surface area contributed by atoms with Crippen molar-refractivity contribution in [1.82, 2.24) is 26.2 Å². The molecule has 300 valence electrons. The molecule has 1 fully saturated rings. The van der Waals surface area contributed by atoms with E-state index in [-0.39, 0.29) is 43.7 Å². The van der Waals surface area contributed by atoms with Crippen LogP contribution in [0.2, 0.25) is 0 Å². The number of aryl methyl sites for hydroxylation is 2. The summed E-state index contributed by atoms with van der Waals surface area (Å²) in [5, 5.41) is 10.1. The van der Waals surface area contributed by atoms with Crippen LogP contribution in [0, 0.1) is 18.8 Å². The Morgan fingerprint density at radius 3 is 2.59 bits per heavy atom. The highest BCUT2D eigenvalue weighted by molar-refractivity contribution is 7.82. The normalized spacial score (nSPS) is 20.8. The molecule has 0 radical (unpaired) electrons. The second-order valence-electron chi connectivity index (χ2n) is 15.0. The molecular weight excluding hydrogens is 731 g/mol. The van der Waals surface area contributed by atoms with E-state index in [1.54, 1.807) is 29.2 Å². The van der Waals surface area contributed by atoms with Crippen molar-refractivity contribution < 1.29 is 33.4 Å². The molecule has 12 nitrogen and oxygen atoms in total. The third-order valence-electron chi connectivity index (χ3n) is 10.1. The molecule has 5 amide bonds. The number of amides is 5. The molecular formula is C43H55N5O7S. The molecule has 0 aliphatic carbocycles. The van der Waals surface area contributed by atoms with E-state index in [4.69, 9.17) is 9.47 Å². The van der Waals surface area contributed by atoms with E-state index in [0.717, 1.165) is 36.0 Å². The maximum Gasteiger partial charge on any atom is 0.251 e. The van der Waals surface area contributed by atoms with Crippen molar-refractivity contribution in [2.75, 3.05) is 32.8 Å². The lowest BCUT2D eigenvalue weighted by molar-refractivity contribution is -0.137. The maximum atomic E-state index is 14.2. The van der Waals surface area contributed by atoms with Crippen LogP contribution in [0.15, 0.2) is 72.8 Å². The highest BCUT2D eigenvalue weighted by Crippen LogP contribution is 2.24. The molecule has 2 unspecified atom stereocenters. The average Bonchev–Trinajstić information content (AvgIpc) is 3.20. The van der Waals surface area contributed by atoms with Crippen LogP contribution in [-0.2, 0) is 32.1 Å². The first-order valence-electron chi connectivity index (χ1n) is 19.6. The second-order valence-corrected chi connectivity index (χ2v) is 15.6. The summed E-state index contributed by atoms with van der Waals surface area (Å²) < 4.78 is 11.9. The molecule has 56 heavy (non-hydrogen) atoms. The van der Waals surface area contributed by atoms with Crippen molar-refractivity contribution in [3.8, 4) is 11.5 Å². The van der Waals surface area contributed by atoms with Crippen molar-refractivity contribution in [2.24, 2.45) is 11.8 Å². The summed E-state index contributed by atoms with van der Waals surface area (Å²) in [7, 11) is 0. The van der Waals surface area contributed by atoms with E-state index in [1.165, 1.54) is 0 Å². The van der Waals surface area contributed by atoms with Crippen LogP contribution in [0.1, 0.15) is 73.0 Å². The van der Waals surface area contributed by atoms with Crippen molar-refractivity contribution in [3.63, 3.8) is 0 Å². The van der Waals surface area contributed by atoms with Crippen molar-refractivity contribution >= 4 is 42.2 Å². The monoisotopic (exact) mass is 785 g/mol. The third-order valence-corrected chi connectivity index (χ3v) is 10.6. The summed E-state index contributed by atoms with van der Waals surface area (Å²) in [4.78, 5) is 70.1. The van der Waals surface area contributed by atoms with Gasteiger partial charge >= 0.3 is 0 Å². The number of carbonyl (C=O) groups excluding carboxylic acids is 5. The number of hydrogen-bond acceptors (Lipinski definition) is 8. The first-order valence-corrected chi connectivity index (χ1v) is 20.1. The molecule has 4 N–H and O–H groups in total. The van der Waals surface area contributed by atoms with Crippen LogP contribution in [0.5, 0.6) is 11.5 Å². The zero-order valence-electron chi connectivity index (χ0n) is 32.6. The molecule has 2 aliphatic rings. The number of nitrogens with zero attached hydrogens (tertiary/aromatic N) is 1. The topological polar surface area (TPSA) is 155 Å². The van der Waals surface area contributed by atoms with Gasteiger partial charge in [0.2, 0.25) is 23.6 Å². The highest BCUT2D eigenvalue weighted by Gasteiger charge is 2.38. The molecule has 1 saturated heterocycles. The van der Waals surface area contributed by atoms with Gasteiger partial charge in [-0.3, -0.25) is 24.0 Å². The predicted octanol–water partition coefficient (Wildman–Crippen LogP) is 4.39. The Morgan fingerprint density at radius 1 is 1.00 bits per heavy atom. The van der Waals surface area contributed by atoms with Gasteiger partial charge in [-0.15, -0.1) is 0 Å². The number of nitrogens with one attached hydrogen (secondary N) is 4. The summed E-state index contributed by atoms with van der Waals surface area (Å²) in [5.74, 6) is -0.677. The zero-order chi connectivity index (χ0) is 40.0. The number of thiol groups is 1. The molecule has 4 bridgehead atoms. The molecule has 0 aromatic heterocycles. The van der Waals surface area contributed by atoms with Crippen LogP contribution in [-0.4, -0.2) is 84.6 Å². The Labute approximate surface area is 335 Å². The van der Waals surface area contributed by atoms with E-state index in [2.05, 4.69) is 33.9 Å². The zero-order valence-corrected chi connectivity index (χ0v) is 33.4. The molecule has 13 heteroatoms. The van der Waals surface area contributed by atoms with Gasteiger partial charge in [-0.2, -0.15) is 12.6 Å². The van der Waals surface area contributed by atoms with Crippen LogP contribution in [0.3, 0.4) is 0 Å². The van der Waals surface area contributed by atoms with Crippen LogP contribution in [0.25, 0.3) is 0 Å². The van der Waals surface area contributed by atoms with Gasteiger partial charge in [-0.25, -0.2) is 0 Å². The molecule has 0 saturated carbocycles. The summed E-state index contributed by atoms with van der Waals surface area (Å²) in [6, 6.07) is 19.8. The molecule has 2 heterocycles. The molecule has 5 rings (SSSR count). The molecule has 3 aromatic carbocycles. The lowest BCUT2D eigenvalue weighted by Gasteiger charge is -2.36. The van der Waals surface area contributed by atoms with Crippen LogP contribution in [0.4, 0.5) is 0 Å². The van der Waals surface area contributed by atoms with E-state index >= 15 is 0 Å². The van der Waals surface area contributed by atoms with Crippen molar-refractivity contribution in [1.29, 1.82) is 0 Å². The third kappa shape index (κ3) is 12.5. The lowest BCUT2D eigenvalue weighted by atomic mass is 9.94. The standard InChI is InChI=1S/C43H55N5O7S/c1-28(2)27-55-34-13-7-12-32(23-34)40(50)44-20-18-37(49)47-38-39(56)43(53)48-21-8-11-31(26-48)19-22-54-35-16-14-29(3)33(24-35)25-45-41(51)36(46-42(38)52)17-15-30-9-5-4-6-10-30/h4-7,9-10,12-14,16,23-24,28,31,36,38-39,56H,8,11,15,17-22,25-27H2,1-3H3,(H,44,50)(H,45,51)(H,46,52)(H,47,49)/t31?,36-,38-,39?/m0/s1. The number of benzene rings is 3. The largest absolute Gasteiger partial charge is 0.494 e. The van der Waals surface area contributed by atoms with Gasteiger partial charge in [0.15, 0.2) is 0 Å². The van der Waals surface area contributed by atoms with E-state index in [1.807, 2.05) is 69.3 Å². The summed E-state index contributed by atoms with van der Waals surface area (Å²) in [5.41, 5.74) is 3.24. The van der Waals surface area contributed by atoms with Gasteiger partial charge in [-0.05, 0) is 97.9 Å². The minimum atomic E-state index is -1.41. The number of fused-ring (bicyclic) bond motifs is 4. The van der Waals surface area contributed by atoms with Gasteiger partial charge in [0, 0.05) is 38.2 Å². The SMILES string of the molecule is Cc1ccc2cc1CNC(=O)[C@H](CCc1ccccc1)NC(=O)[C@@H](NC(=O)CCNC(=O)c1cccc(OCC(C)C)c1)C(S)C(=O)N1CCCC(CCO2)C1. The van der Waals surface area contributed by atoms with Gasteiger partial charge in [0.05, 0.1) is 13.2 Å². The Bertz CT molecular complexity index is 1820. The van der Waals surface area contributed by atoms with Gasteiger partial charge < -0.3 is 35.6 Å². The summed E-state index contributed by atoms with van der Waals surface area (Å²) in [6.07, 6.45) is 3.02. The van der Waals surface area contributed by atoms with Crippen LogP contribution < -0.4 is 30.7 Å². The number of ether oxygens (including phenoxy) is 2. The molecule has 3 aromatic rings. The first-order chi connectivity index (χ1) is 27.0. The van der Waals surface area contributed by atoms with Crippen molar-refractivity contribution in [3.05, 3.63) is 95.1 Å². The fourth-order valence-corrected chi connectivity index (χ4v) is 7.18. The molecule has 2 aliphatic heterocycles. The van der Waals surface area contributed by atoms with E-state index in [0.29, 0.717) is 55.7 Å². The predicted molar refractivity (Wildman–Crippen MR) is 218 cm³/mol. The van der Waals surface area contributed by atoms with Crippen molar-refractivity contribution in [2.45, 2.75) is 83.2 Å². The van der Waals surface area contributed by atoms with Gasteiger partial charge in [-0.1, -0.05) is 56.3 Å². The second kappa shape index (κ2) is 20.8. The van der Waals surface area contributed by atoms with Crippen LogP contribution >= 0.6 is 12.6 Å². The highest BCUT2D eigenvalue weighted by atomic mass is 32.1. The Morgan fingerprint density at radius 2 is 1.80 bits per heavy atom. The Kier molecular flexibility index (Phi) is 15.6. The Balaban J connectivity index is 1.33. The molecule has 4 atom stereocenters. The number of piperidine rings is 1. The smallest absolute Gasteiger partial charge is 0.251 e. The minimum Gasteiger partial charge on any atom is -0.494 e. The fraction of sp³-hybridized carbons (Fsp3) is 0.465. The minimum absolute atomic E-state index is 0.0279. The Hall–Kier alpha value is -5.04. The lowest BCUT2D eigenvalue weighted by Crippen LogP contribution is -2.60. The summed E-state index contributed by atoms with van der Waals surface area (Å²) >= 11 is 4.66. The fourth-order valence-electron chi connectivity index (χ4n) is 6.81. The summed E-state index contributed by atoms with van der Waals surface area (Å²) in [6.45, 7) is 8.15. The average molecular weight is 786 g/mol. The number of rotatable bonds is 11.